The number of carboxylic acid groups (broad SMARTS) is 1. The van der Waals surface area contributed by atoms with Gasteiger partial charge >= 0.3 is 5.97 Å². The van der Waals surface area contributed by atoms with Gasteiger partial charge in [0, 0.05) is 17.2 Å². The smallest absolute Gasteiger partial charge is 0.304 e. The molecular weight excluding hydrogens is 372 g/mol. The summed E-state index contributed by atoms with van der Waals surface area (Å²) < 4.78 is 0. The van der Waals surface area contributed by atoms with Crippen molar-refractivity contribution in [2.45, 2.75) is 34.1 Å². The maximum atomic E-state index is 12.5. The number of Topliss-reactive ketones (excluding diaryl/α,β-unsaturated/α-hetero) is 1. The van der Waals surface area contributed by atoms with E-state index in [9.17, 15) is 9.59 Å². The second kappa shape index (κ2) is 18.0. The van der Waals surface area contributed by atoms with E-state index in [1.54, 1.807) is 18.2 Å². The van der Waals surface area contributed by atoms with Crippen LogP contribution in [-0.4, -0.2) is 35.2 Å². The van der Waals surface area contributed by atoms with Gasteiger partial charge in [0.05, 0.1) is 6.42 Å². The molecule has 1 aromatic rings. The highest BCUT2D eigenvalue weighted by Gasteiger charge is 2.22. The standard InChI is InChI=1S/C19H22O3S.C2H4O.C2H6/c1-4-6-14(7-5-2)15-8-10-16(11-9-15)19(22)17(13-23-3)12-18(20)21;1-2-3;1-2/h4-11,17H,1,12-13H2,2-3H3,(H,20,21);2H,1H3;1-2H3/b7-5-,14-6+;;. The average molecular weight is 405 g/mol. The van der Waals surface area contributed by atoms with E-state index in [1.165, 1.54) is 18.7 Å². The van der Waals surface area contributed by atoms with Crippen molar-refractivity contribution in [1.82, 2.24) is 0 Å². The first kappa shape index (κ1) is 27.8. The van der Waals surface area contributed by atoms with Crippen LogP contribution in [0.25, 0.3) is 5.57 Å². The number of ketones is 1. The summed E-state index contributed by atoms with van der Waals surface area (Å²) in [6.07, 6.45) is 10.0. The Morgan fingerprint density at radius 1 is 1.14 bits per heavy atom. The number of hydrogen-bond donors (Lipinski definition) is 1. The van der Waals surface area contributed by atoms with Crippen LogP contribution < -0.4 is 0 Å². The molecule has 0 spiro atoms. The monoisotopic (exact) mass is 404 g/mol. The van der Waals surface area contributed by atoms with Crippen LogP contribution in [0.2, 0.25) is 0 Å². The minimum atomic E-state index is -0.946. The summed E-state index contributed by atoms with van der Waals surface area (Å²) in [4.78, 5) is 32.2. The van der Waals surface area contributed by atoms with E-state index in [2.05, 4.69) is 6.58 Å². The lowest BCUT2D eigenvalue weighted by atomic mass is 9.94. The first-order chi connectivity index (χ1) is 13.4. The molecule has 5 heteroatoms. The van der Waals surface area contributed by atoms with Gasteiger partial charge < -0.3 is 9.90 Å². The Morgan fingerprint density at radius 3 is 2.04 bits per heavy atom. The Morgan fingerprint density at radius 2 is 1.64 bits per heavy atom. The van der Waals surface area contributed by atoms with Crippen molar-refractivity contribution in [3.8, 4) is 0 Å². The molecule has 1 unspecified atom stereocenters. The number of carbonyl (C=O) groups excluding carboxylic acids is 2. The molecule has 0 amide bonds. The number of aliphatic carboxylic acids is 1. The lowest BCUT2D eigenvalue weighted by Gasteiger charge is -2.13. The summed E-state index contributed by atoms with van der Waals surface area (Å²) in [5.74, 6) is -1.05. The van der Waals surface area contributed by atoms with Gasteiger partial charge in [-0.25, -0.2) is 0 Å². The van der Waals surface area contributed by atoms with E-state index < -0.39 is 11.9 Å². The molecule has 0 aliphatic carbocycles. The summed E-state index contributed by atoms with van der Waals surface area (Å²) in [5.41, 5.74) is 2.54. The maximum Gasteiger partial charge on any atom is 0.304 e. The van der Waals surface area contributed by atoms with Crippen LogP contribution in [-0.2, 0) is 9.59 Å². The second-order valence-electron chi connectivity index (χ2n) is 5.29. The number of hydrogen-bond acceptors (Lipinski definition) is 4. The SMILES string of the molecule is C=C/C=C(\C=C/C)c1ccc(C(=O)C(CSC)CC(=O)O)cc1.CC.CC=O. The molecular formula is C23H32O4S. The summed E-state index contributed by atoms with van der Waals surface area (Å²) in [6.45, 7) is 11.1. The fourth-order valence-corrected chi connectivity index (χ4v) is 2.93. The molecule has 0 aromatic heterocycles. The number of benzene rings is 1. The number of aldehydes is 1. The van der Waals surface area contributed by atoms with Gasteiger partial charge in [0.1, 0.15) is 6.29 Å². The van der Waals surface area contributed by atoms with Crippen LogP contribution >= 0.6 is 11.8 Å². The Balaban J connectivity index is 0. The molecule has 154 valence electrons. The Labute approximate surface area is 173 Å². The van der Waals surface area contributed by atoms with E-state index >= 15 is 0 Å². The van der Waals surface area contributed by atoms with Crippen LogP contribution in [0.15, 0.2) is 55.1 Å². The lowest BCUT2D eigenvalue weighted by molar-refractivity contribution is -0.137. The quantitative estimate of drug-likeness (QED) is 0.325. The van der Waals surface area contributed by atoms with E-state index in [4.69, 9.17) is 9.90 Å². The third-order valence-corrected chi connectivity index (χ3v) is 4.04. The van der Waals surface area contributed by atoms with E-state index in [-0.39, 0.29) is 12.2 Å². The maximum absolute atomic E-state index is 12.5. The zero-order valence-electron chi connectivity index (χ0n) is 17.5. The number of allylic oxidation sites excluding steroid dienone is 5. The van der Waals surface area contributed by atoms with Crippen LogP contribution in [0, 0.1) is 5.92 Å². The predicted octanol–water partition coefficient (Wildman–Crippen LogP) is 5.70. The highest BCUT2D eigenvalue weighted by molar-refractivity contribution is 7.98. The average Bonchev–Trinajstić information content (AvgIpc) is 2.69. The highest BCUT2D eigenvalue weighted by Crippen LogP contribution is 2.21. The van der Waals surface area contributed by atoms with Crippen molar-refractivity contribution in [3.05, 3.63) is 66.3 Å². The summed E-state index contributed by atoms with van der Waals surface area (Å²) in [7, 11) is 0. The van der Waals surface area contributed by atoms with Crippen molar-refractivity contribution in [2.24, 2.45) is 5.92 Å². The molecule has 0 bridgehead atoms. The zero-order valence-corrected chi connectivity index (χ0v) is 18.3. The van der Waals surface area contributed by atoms with Crippen LogP contribution in [0.3, 0.4) is 0 Å². The van der Waals surface area contributed by atoms with Crippen molar-refractivity contribution in [1.29, 1.82) is 0 Å². The molecule has 0 radical (unpaired) electrons. The number of carbonyl (C=O) groups is 3. The first-order valence-electron chi connectivity index (χ1n) is 9.15. The third kappa shape index (κ3) is 11.3. The molecule has 28 heavy (non-hydrogen) atoms. The van der Waals surface area contributed by atoms with Gasteiger partial charge in [0.15, 0.2) is 5.78 Å². The molecule has 1 aromatic carbocycles. The van der Waals surface area contributed by atoms with Gasteiger partial charge in [-0.3, -0.25) is 9.59 Å². The molecule has 0 aliphatic rings. The number of rotatable bonds is 9. The van der Waals surface area contributed by atoms with Crippen molar-refractivity contribution < 1.29 is 19.5 Å². The van der Waals surface area contributed by atoms with Gasteiger partial charge in [-0.1, -0.05) is 69.0 Å². The molecule has 0 aliphatic heterocycles. The predicted molar refractivity (Wildman–Crippen MR) is 121 cm³/mol. The van der Waals surface area contributed by atoms with Crippen LogP contribution in [0.5, 0.6) is 0 Å². The van der Waals surface area contributed by atoms with Gasteiger partial charge in [-0.05, 0) is 31.2 Å². The highest BCUT2D eigenvalue weighted by atomic mass is 32.2. The minimum Gasteiger partial charge on any atom is -0.481 e. The van der Waals surface area contributed by atoms with Crippen LogP contribution in [0.1, 0.15) is 50.0 Å². The molecule has 0 saturated heterocycles. The fourth-order valence-electron chi connectivity index (χ4n) is 2.26. The van der Waals surface area contributed by atoms with Gasteiger partial charge in [0.2, 0.25) is 0 Å². The molecule has 4 nitrogen and oxygen atoms in total. The molecule has 1 rings (SSSR count). The van der Waals surface area contributed by atoms with Gasteiger partial charge in [0.25, 0.3) is 0 Å². The topological polar surface area (TPSA) is 71.4 Å². The van der Waals surface area contributed by atoms with Crippen molar-refractivity contribution in [2.75, 3.05) is 12.0 Å². The number of thioether (sulfide) groups is 1. The third-order valence-electron chi connectivity index (χ3n) is 3.31. The second-order valence-corrected chi connectivity index (χ2v) is 6.20. The van der Waals surface area contributed by atoms with E-state index in [0.717, 1.165) is 17.4 Å². The molecule has 0 fully saturated rings. The molecule has 1 atom stereocenters. The Bertz CT molecular complexity index is 658. The summed E-state index contributed by atoms with van der Waals surface area (Å²) >= 11 is 1.48. The minimum absolute atomic E-state index is 0.117. The summed E-state index contributed by atoms with van der Waals surface area (Å²) in [5, 5.41) is 8.96. The molecule has 1 N–H and O–H groups in total. The number of carboxylic acids is 1. The largest absolute Gasteiger partial charge is 0.481 e. The fraction of sp³-hybridized carbons (Fsp3) is 0.348. The molecule has 0 saturated carbocycles. The van der Waals surface area contributed by atoms with Gasteiger partial charge in [-0.15, -0.1) is 0 Å². The van der Waals surface area contributed by atoms with Crippen molar-refractivity contribution in [3.63, 3.8) is 0 Å². The Hall–Kier alpha value is -2.40. The Kier molecular flexibility index (Phi) is 17.9. The van der Waals surface area contributed by atoms with Crippen molar-refractivity contribution >= 4 is 35.4 Å². The van der Waals surface area contributed by atoms with E-state index in [0.29, 0.717) is 11.3 Å². The van der Waals surface area contributed by atoms with E-state index in [1.807, 2.05) is 57.4 Å². The lowest BCUT2D eigenvalue weighted by Crippen LogP contribution is -2.20. The first-order valence-corrected chi connectivity index (χ1v) is 10.5. The van der Waals surface area contributed by atoms with Crippen LogP contribution in [0.4, 0.5) is 0 Å². The molecule has 0 heterocycles. The van der Waals surface area contributed by atoms with Gasteiger partial charge in [-0.2, -0.15) is 11.8 Å². The summed E-state index contributed by atoms with van der Waals surface area (Å²) in [6, 6.07) is 7.26. The zero-order chi connectivity index (χ0) is 21.9. The normalized spacial score (nSPS) is 11.4.